The van der Waals surface area contributed by atoms with Gasteiger partial charge >= 0.3 is 11.8 Å². The first-order chi connectivity index (χ1) is 10.1. The molecule has 0 bridgehead atoms. The highest BCUT2D eigenvalue weighted by Gasteiger charge is 2.13. The van der Waals surface area contributed by atoms with Crippen LogP contribution in [0.1, 0.15) is 0 Å². The van der Waals surface area contributed by atoms with Gasteiger partial charge in [0.1, 0.15) is 0 Å². The van der Waals surface area contributed by atoms with Gasteiger partial charge in [0, 0.05) is 26.6 Å². The summed E-state index contributed by atoms with van der Waals surface area (Å²) in [6.07, 6.45) is 0. The van der Waals surface area contributed by atoms with E-state index in [1.54, 1.807) is 24.3 Å². The highest BCUT2D eigenvalue weighted by atomic mass is 35.5. The van der Waals surface area contributed by atoms with E-state index in [-0.39, 0.29) is 0 Å². The molecule has 4 nitrogen and oxygen atoms in total. The first-order valence-electron chi connectivity index (χ1n) is 5.90. The Balaban J connectivity index is 1.77. The minimum Gasteiger partial charge on any atom is -0.318 e. The zero-order chi connectivity index (χ0) is 15.1. The van der Waals surface area contributed by atoms with Crippen LogP contribution >= 0.6 is 33.4 Å². The van der Waals surface area contributed by atoms with Crippen LogP contribution in [0.25, 0.3) is 0 Å². The van der Waals surface area contributed by atoms with Crippen LogP contribution in [0.4, 0.5) is 5.69 Å². The Bertz CT molecular complexity index is 621. The molecule has 0 unspecified atom stereocenters. The molecule has 108 valence electrons. The lowest BCUT2D eigenvalue weighted by molar-refractivity contribution is -0.134. The van der Waals surface area contributed by atoms with E-state index in [9.17, 15) is 9.59 Å². The zero-order valence-corrected chi connectivity index (χ0v) is 13.1. The monoisotopic (exact) mass is 338 g/mol. The lowest BCUT2D eigenvalue weighted by Gasteiger charge is -2.05. The predicted molar refractivity (Wildman–Crippen MR) is 88.1 cm³/mol. The average Bonchev–Trinajstić information content (AvgIpc) is 2.50. The number of anilines is 1. The van der Waals surface area contributed by atoms with E-state index in [2.05, 4.69) is 10.0 Å². The van der Waals surface area contributed by atoms with Crippen LogP contribution in [0.15, 0.2) is 59.5 Å². The molecule has 0 saturated carbocycles. The van der Waals surface area contributed by atoms with E-state index in [1.807, 2.05) is 30.3 Å². The minimum absolute atomic E-state index is 0.514. The van der Waals surface area contributed by atoms with Crippen LogP contribution in [0.5, 0.6) is 0 Å². The largest absolute Gasteiger partial charge is 0.320 e. The molecule has 0 radical (unpaired) electrons. The number of benzene rings is 2. The summed E-state index contributed by atoms with van der Waals surface area (Å²) < 4.78 is 2.47. The van der Waals surface area contributed by atoms with Gasteiger partial charge < -0.3 is 5.32 Å². The van der Waals surface area contributed by atoms with Crippen LogP contribution in [0, 0.1) is 0 Å². The smallest absolute Gasteiger partial charge is 0.318 e. The summed E-state index contributed by atoms with van der Waals surface area (Å²) in [4.78, 5) is 24.3. The Morgan fingerprint density at radius 3 is 2.24 bits per heavy atom. The topological polar surface area (TPSA) is 58.2 Å². The number of rotatable bonds is 4. The molecule has 0 atom stereocenters. The number of halogens is 1. The van der Waals surface area contributed by atoms with Gasteiger partial charge in [-0.2, -0.15) is 0 Å². The van der Waals surface area contributed by atoms with E-state index >= 15 is 0 Å². The van der Waals surface area contributed by atoms with E-state index in [4.69, 9.17) is 11.6 Å². The van der Waals surface area contributed by atoms with Crippen LogP contribution < -0.4 is 10.0 Å². The molecular weight excluding hydrogens is 328 g/mol. The van der Waals surface area contributed by atoms with Crippen molar-refractivity contribution in [3.8, 4) is 0 Å². The van der Waals surface area contributed by atoms with Gasteiger partial charge in [0.2, 0.25) is 0 Å². The predicted octanol–water partition coefficient (Wildman–Crippen LogP) is 3.75. The van der Waals surface area contributed by atoms with Gasteiger partial charge in [0.15, 0.2) is 0 Å². The summed E-state index contributed by atoms with van der Waals surface area (Å²) in [7, 11) is 2.45. The Morgan fingerprint density at radius 2 is 1.57 bits per heavy atom. The molecule has 7 heteroatoms. The number of carbonyl (C=O) groups is 2. The van der Waals surface area contributed by atoms with E-state index in [0.29, 0.717) is 10.7 Å². The fourth-order valence-corrected chi connectivity index (χ4v) is 3.02. The standard InChI is InChI=1S/C14H11ClN2O2S2/c15-10-6-8-11(9-7-10)16-13(18)14(19)17-21-20-12-4-2-1-3-5-12/h1-9H,(H,16,18)(H,17,19). The van der Waals surface area contributed by atoms with Crippen molar-refractivity contribution in [3.63, 3.8) is 0 Å². The molecule has 0 aliphatic rings. The highest BCUT2D eigenvalue weighted by molar-refractivity contribution is 8.76. The zero-order valence-electron chi connectivity index (χ0n) is 10.7. The molecule has 2 aromatic rings. The lowest BCUT2D eigenvalue weighted by atomic mass is 10.3. The van der Waals surface area contributed by atoms with Crippen LogP contribution in [0.3, 0.4) is 0 Å². The van der Waals surface area contributed by atoms with Gasteiger partial charge in [-0.25, -0.2) is 0 Å². The maximum atomic E-state index is 11.7. The lowest BCUT2D eigenvalue weighted by Crippen LogP contribution is -2.30. The second kappa shape index (κ2) is 7.97. The summed E-state index contributed by atoms with van der Waals surface area (Å²) in [5, 5.41) is 3.05. The molecule has 2 amide bonds. The van der Waals surface area contributed by atoms with E-state index < -0.39 is 11.8 Å². The molecule has 0 fully saturated rings. The SMILES string of the molecule is O=C(NSSc1ccccc1)C(=O)Nc1ccc(Cl)cc1. The molecule has 0 heterocycles. The molecule has 0 aliphatic carbocycles. The van der Waals surface area contributed by atoms with Gasteiger partial charge in [-0.05, 0) is 47.2 Å². The van der Waals surface area contributed by atoms with Crippen molar-refractivity contribution in [1.82, 2.24) is 4.72 Å². The normalized spacial score (nSPS) is 9.95. The van der Waals surface area contributed by atoms with Gasteiger partial charge in [0.05, 0.1) is 0 Å². The number of nitrogens with one attached hydrogen (secondary N) is 2. The van der Waals surface area contributed by atoms with Crippen molar-refractivity contribution >= 4 is 50.9 Å². The van der Waals surface area contributed by atoms with Crippen LogP contribution in [0.2, 0.25) is 5.02 Å². The first-order valence-corrected chi connectivity index (χ1v) is 8.43. The van der Waals surface area contributed by atoms with Gasteiger partial charge in [-0.15, -0.1) is 0 Å². The van der Waals surface area contributed by atoms with Crippen molar-refractivity contribution in [2.24, 2.45) is 0 Å². The molecule has 2 N–H and O–H groups in total. The van der Waals surface area contributed by atoms with Crippen molar-refractivity contribution in [2.75, 3.05) is 5.32 Å². The van der Waals surface area contributed by atoms with Gasteiger partial charge in [-0.3, -0.25) is 14.3 Å². The molecular formula is C14H11ClN2O2S2. The van der Waals surface area contributed by atoms with Gasteiger partial charge in [0.25, 0.3) is 0 Å². The molecule has 0 aromatic heterocycles. The average molecular weight is 339 g/mol. The summed E-state index contributed by atoms with van der Waals surface area (Å²) in [5.74, 6) is -1.43. The fourth-order valence-electron chi connectivity index (χ4n) is 1.35. The minimum atomic E-state index is -0.724. The molecule has 21 heavy (non-hydrogen) atoms. The third kappa shape index (κ3) is 5.34. The summed E-state index contributed by atoms with van der Waals surface area (Å²) in [6, 6.07) is 16.1. The third-order valence-electron chi connectivity index (χ3n) is 2.32. The van der Waals surface area contributed by atoms with Crippen molar-refractivity contribution < 1.29 is 9.59 Å². The first kappa shape index (κ1) is 15.8. The highest BCUT2D eigenvalue weighted by Crippen LogP contribution is 2.27. The summed E-state index contributed by atoms with van der Waals surface area (Å²) >= 11 is 5.74. The van der Waals surface area contributed by atoms with Crippen molar-refractivity contribution in [3.05, 3.63) is 59.6 Å². The molecule has 0 aliphatic heterocycles. The van der Waals surface area contributed by atoms with Crippen molar-refractivity contribution in [2.45, 2.75) is 4.90 Å². The Kier molecular flexibility index (Phi) is 5.98. The molecule has 0 spiro atoms. The van der Waals surface area contributed by atoms with Crippen LogP contribution in [-0.4, -0.2) is 11.8 Å². The number of hydrogen-bond donors (Lipinski definition) is 2. The number of carbonyl (C=O) groups excluding carboxylic acids is 2. The van der Waals surface area contributed by atoms with E-state index in [1.165, 1.54) is 10.8 Å². The third-order valence-corrected chi connectivity index (χ3v) is 4.47. The van der Waals surface area contributed by atoms with Crippen molar-refractivity contribution in [1.29, 1.82) is 0 Å². The molecule has 2 aromatic carbocycles. The van der Waals surface area contributed by atoms with E-state index in [0.717, 1.165) is 15.9 Å². The quantitative estimate of drug-likeness (QED) is 0.506. The summed E-state index contributed by atoms with van der Waals surface area (Å²) in [5.41, 5.74) is 0.514. The Labute approximate surface area is 135 Å². The Hall–Kier alpha value is -1.63. The fraction of sp³-hybridized carbons (Fsp3) is 0. The maximum absolute atomic E-state index is 11.7. The molecule has 2 rings (SSSR count). The second-order valence-electron chi connectivity index (χ2n) is 3.87. The number of hydrogen-bond acceptors (Lipinski definition) is 4. The maximum Gasteiger partial charge on any atom is 0.320 e. The van der Waals surface area contributed by atoms with Crippen LogP contribution in [-0.2, 0) is 9.59 Å². The Morgan fingerprint density at radius 1 is 0.905 bits per heavy atom. The second-order valence-corrected chi connectivity index (χ2v) is 6.32. The molecule has 0 saturated heterocycles. The number of amides is 2. The van der Waals surface area contributed by atoms with Gasteiger partial charge in [-0.1, -0.05) is 29.8 Å². The summed E-state index contributed by atoms with van der Waals surface area (Å²) in [6.45, 7) is 0.